The third kappa shape index (κ3) is 3.04. The summed E-state index contributed by atoms with van der Waals surface area (Å²) < 4.78 is 16.1. The topological polar surface area (TPSA) is 98.5 Å². The number of benzene rings is 1. The molecule has 0 spiro atoms. The first-order chi connectivity index (χ1) is 14.8. The average Bonchev–Trinajstić information content (AvgIpc) is 3.19. The number of amides is 1. The third-order valence-corrected chi connectivity index (χ3v) is 5.67. The van der Waals surface area contributed by atoms with Gasteiger partial charge in [0.15, 0.2) is 11.5 Å². The highest BCUT2D eigenvalue weighted by Crippen LogP contribution is 2.35. The summed E-state index contributed by atoms with van der Waals surface area (Å²) in [6, 6.07) is 8.54. The molecule has 4 heterocycles. The molecule has 156 valence electrons. The van der Waals surface area contributed by atoms with Crippen LogP contribution in [-0.4, -0.2) is 35.9 Å². The van der Waals surface area contributed by atoms with E-state index in [1.54, 1.807) is 30.7 Å². The molecule has 0 atom stereocenters. The lowest BCUT2D eigenvalue weighted by atomic mass is 9.91. The summed E-state index contributed by atoms with van der Waals surface area (Å²) in [4.78, 5) is 21.3. The predicted octanol–water partition coefficient (Wildman–Crippen LogP) is 3.66. The van der Waals surface area contributed by atoms with Crippen LogP contribution < -0.4 is 5.32 Å². The molecule has 4 aromatic rings. The molecule has 1 aliphatic heterocycles. The van der Waals surface area contributed by atoms with Gasteiger partial charge < -0.3 is 5.32 Å². The van der Waals surface area contributed by atoms with E-state index < -0.39 is 11.2 Å². The molecule has 5 rings (SSSR count). The quantitative estimate of drug-likeness (QED) is 0.525. The number of carbonyl (C=O) groups excluding carboxylic acids is 1. The molecule has 0 radical (unpaired) electrons. The third-order valence-electron chi connectivity index (χ3n) is 5.38. The highest BCUT2D eigenvalue weighted by atomic mass is 35.5. The van der Waals surface area contributed by atoms with Crippen LogP contribution in [0.15, 0.2) is 30.3 Å². The van der Waals surface area contributed by atoms with Crippen LogP contribution in [0.2, 0.25) is 5.02 Å². The zero-order chi connectivity index (χ0) is 21.9. The molecule has 0 aliphatic carbocycles. The number of hydrogen-bond acceptors (Lipinski definition) is 6. The summed E-state index contributed by atoms with van der Waals surface area (Å²) in [6.45, 7) is 5.52. The smallest absolute Gasteiger partial charge is 0.237 e. The van der Waals surface area contributed by atoms with Crippen molar-refractivity contribution in [3.05, 3.63) is 58.1 Å². The van der Waals surface area contributed by atoms with Gasteiger partial charge in [0.1, 0.15) is 17.2 Å². The van der Waals surface area contributed by atoms with E-state index in [9.17, 15) is 9.18 Å². The van der Waals surface area contributed by atoms with Crippen molar-refractivity contribution in [2.24, 2.45) is 0 Å². The first kappa shape index (κ1) is 19.5. The number of anilines is 1. The fraction of sp³-hybridized carbons (Fsp3) is 0.238. The van der Waals surface area contributed by atoms with Gasteiger partial charge in [0.25, 0.3) is 0 Å². The minimum atomic E-state index is -0.807. The summed E-state index contributed by atoms with van der Waals surface area (Å²) in [5.41, 5.74) is 1.85. The van der Waals surface area contributed by atoms with E-state index >= 15 is 0 Å². The number of halogens is 2. The van der Waals surface area contributed by atoms with Crippen molar-refractivity contribution in [3.63, 3.8) is 0 Å². The van der Waals surface area contributed by atoms with Crippen LogP contribution in [0.5, 0.6) is 0 Å². The zero-order valence-corrected chi connectivity index (χ0v) is 17.7. The molecular weight excluding hydrogens is 421 g/mol. The lowest BCUT2D eigenvalue weighted by molar-refractivity contribution is -0.119. The maximum atomic E-state index is 14.5. The van der Waals surface area contributed by atoms with Gasteiger partial charge in [-0.3, -0.25) is 4.79 Å². The number of fused-ring (bicyclic) bond motifs is 2. The van der Waals surface area contributed by atoms with E-state index in [2.05, 4.69) is 30.6 Å². The number of nitrogens with one attached hydrogen (secondary N) is 1. The van der Waals surface area contributed by atoms with E-state index in [1.165, 1.54) is 6.07 Å². The molecule has 1 amide bonds. The molecule has 0 saturated carbocycles. The minimum absolute atomic E-state index is 0.0443. The first-order valence-corrected chi connectivity index (χ1v) is 9.97. The monoisotopic (exact) mass is 437 g/mol. The van der Waals surface area contributed by atoms with E-state index in [0.717, 1.165) is 5.69 Å². The lowest BCUT2D eigenvalue weighted by Gasteiger charge is -2.11. The van der Waals surface area contributed by atoms with E-state index in [4.69, 9.17) is 11.6 Å². The van der Waals surface area contributed by atoms with Gasteiger partial charge >= 0.3 is 0 Å². The second kappa shape index (κ2) is 6.78. The lowest BCUT2D eigenvalue weighted by Crippen LogP contribution is -2.27. The maximum absolute atomic E-state index is 14.5. The van der Waals surface area contributed by atoms with Crippen molar-refractivity contribution in [3.8, 4) is 11.5 Å². The molecular formula is C21H17ClFN7O. The fourth-order valence-electron chi connectivity index (χ4n) is 3.56. The highest BCUT2D eigenvalue weighted by molar-refractivity contribution is 6.30. The van der Waals surface area contributed by atoms with Gasteiger partial charge in [0, 0.05) is 11.3 Å². The molecule has 8 nitrogen and oxygen atoms in total. The highest BCUT2D eigenvalue weighted by Gasteiger charge is 2.42. The molecule has 0 fully saturated rings. The molecule has 3 aromatic heterocycles. The van der Waals surface area contributed by atoms with Crippen LogP contribution >= 0.6 is 11.6 Å². The Bertz CT molecular complexity index is 1380. The molecule has 0 bridgehead atoms. The standard InChI is InChI=1S/C21H17ClFN7O/c1-10-7-8-12-15(17-25-18-16(27-28-17)21(2,3)20(31)26-18)29-30(19(12)24-10)9-11-5-4-6-13(22)14(11)23/h4-8H,9H2,1-3H3,(H,25,26,28,31). The number of hydrogen-bond donors (Lipinski definition) is 1. The molecule has 0 saturated heterocycles. The van der Waals surface area contributed by atoms with Gasteiger partial charge in [-0.05, 0) is 39.0 Å². The maximum Gasteiger partial charge on any atom is 0.237 e. The Morgan fingerprint density at radius 3 is 2.77 bits per heavy atom. The largest absolute Gasteiger partial charge is 0.308 e. The molecule has 10 heteroatoms. The minimum Gasteiger partial charge on any atom is -0.308 e. The van der Waals surface area contributed by atoms with Crippen molar-refractivity contribution in [2.75, 3.05) is 5.32 Å². The second-order valence-corrected chi connectivity index (χ2v) is 8.36. The average molecular weight is 438 g/mol. The van der Waals surface area contributed by atoms with Gasteiger partial charge in [0.05, 0.1) is 22.4 Å². The SMILES string of the molecule is Cc1ccc2c(-c3nnc4c(n3)NC(=O)C4(C)C)nn(Cc3cccc(Cl)c3F)c2n1. The number of pyridine rings is 1. The Balaban J connectivity index is 1.65. The Kier molecular flexibility index (Phi) is 4.26. The summed E-state index contributed by atoms with van der Waals surface area (Å²) >= 11 is 5.93. The number of aromatic nitrogens is 6. The number of rotatable bonds is 3. The summed E-state index contributed by atoms with van der Waals surface area (Å²) in [7, 11) is 0. The van der Waals surface area contributed by atoms with Crippen molar-refractivity contribution < 1.29 is 9.18 Å². The van der Waals surface area contributed by atoms with Crippen molar-refractivity contribution in [1.82, 2.24) is 29.9 Å². The van der Waals surface area contributed by atoms with Crippen LogP contribution in [0.4, 0.5) is 10.2 Å². The normalized spacial score (nSPS) is 14.7. The van der Waals surface area contributed by atoms with Gasteiger partial charge in [-0.15, -0.1) is 10.2 Å². The van der Waals surface area contributed by atoms with Crippen LogP contribution in [0, 0.1) is 12.7 Å². The molecule has 31 heavy (non-hydrogen) atoms. The van der Waals surface area contributed by atoms with Crippen molar-refractivity contribution in [2.45, 2.75) is 32.7 Å². The van der Waals surface area contributed by atoms with Crippen LogP contribution in [0.25, 0.3) is 22.6 Å². The summed E-state index contributed by atoms with van der Waals surface area (Å²) in [5, 5.41) is 16.6. The van der Waals surface area contributed by atoms with Gasteiger partial charge in [0.2, 0.25) is 11.7 Å². The van der Waals surface area contributed by atoms with E-state index in [-0.39, 0.29) is 23.3 Å². The predicted molar refractivity (Wildman–Crippen MR) is 113 cm³/mol. The van der Waals surface area contributed by atoms with E-state index in [0.29, 0.717) is 33.8 Å². The molecule has 0 unspecified atom stereocenters. The van der Waals surface area contributed by atoms with Crippen LogP contribution in [0.1, 0.15) is 30.8 Å². The zero-order valence-electron chi connectivity index (χ0n) is 16.9. The first-order valence-electron chi connectivity index (χ1n) is 9.60. The summed E-state index contributed by atoms with van der Waals surface area (Å²) in [5.74, 6) is -0.0747. The van der Waals surface area contributed by atoms with Crippen molar-refractivity contribution >= 4 is 34.4 Å². The van der Waals surface area contributed by atoms with Gasteiger partial charge in [-0.25, -0.2) is 19.0 Å². The van der Waals surface area contributed by atoms with Gasteiger partial charge in [-0.1, -0.05) is 23.7 Å². The van der Waals surface area contributed by atoms with Crippen LogP contribution in [-0.2, 0) is 16.8 Å². The van der Waals surface area contributed by atoms with Crippen molar-refractivity contribution in [1.29, 1.82) is 0 Å². The fourth-order valence-corrected chi connectivity index (χ4v) is 3.75. The Morgan fingerprint density at radius 2 is 1.97 bits per heavy atom. The molecule has 1 aromatic carbocycles. The molecule has 1 N–H and O–H groups in total. The number of nitrogens with zero attached hydrogens (tertiary/aromatic N) is 6. The molecule has 1 aliphatic rings. The summed E-state index contributed by atoms with van der Waals surface area (Å²) in [6.07, 6.45) is 0. The van der Waals surface area contributed by atoms with E-state index in [1.807, 2.05) is 19.1 Å². The number of aryl methyl sites for hydroxylation is 1. The Labute approximate surface area is 181 Å². The van der Waals surface area contributed by atoms with Crippen LogP contribution in [0.3, 0.4) is 0 Å². The second-order valence-electron chi connectivity index (χ2n) is 7.95. The van der Waals surface area contributed by atoms with Gasteiger partial charge in [-0.2, -0.15) is 5.10 Å². The number of carbonyl (C=O) groups is 1. The Morgan fingerprint density at radius 1 is 1.16 bits per heavy atom. The Hall–Kier alpha value is -3.46.